The lowest BCUT2D eigenvalue weighted by Gasteiger charge is -2.22. The maximum atomic E-state index is 12.5. The van der Waals surface area contributed by atoms with Gasteiger partial charge in [-0.2, -0.15) is 0 Å². The number of benzene rings is 3. The second kappa shape index (κ2) is 9.44. The van der Waals surface area contributed by atoms with Crippen LogP contribution in [0.15, 0.2) is 78.9 Å². The van der Waals surface area contributed by atoms with Gasteiger partial charge in [-0.15, -0.1) is 0 Å². The van der Waals surface area contributed by atoms with Crippen LogP contribution in [0.25, 0.3) is 0 Å². The van der Waals surface area contributed by atoms with Crippen LogP contribution in [0, 0.1) is 0 Å². The normalized spacial score (nSPS) is 10.9. The number of amides is 1. The van der Waals surface area contributed by atoms with Crippen molar-refractivity contribution in [3.05, 3.63) is 84.4 Å². The molecule has 1 N–H and O–H groups in total. The van der Waals surface area contributed by atoms with Crippen LogP contribution in [0.1, 0.15) is 17.3 Å². The van der Waals surface area contributed by atoms with Gasteiger partial charge in [-0.25, -0.2) is 8.42 Å². The topological polar surface area (TPSA) is 92.8 Å². The molecule has 3 rings (SSSR count). The van der Waals surface area contributed by atoms with Crippen molar-refractivity contribution in [1.29, 1.82) is 0 Å². The smallest absolute Gasteiger partial charge is 0.245 e. The van der Waals surface area contributed by atoms with Gasteiger partial charge in [-0.05, 0) is 55.5 Å². The molecule has 0 aliphatic carbocycles. The SMILES string of the molecule is CC(=O)c1cccc(N(CC(=O)Nc2ccc(Oc3ccccc3)cc2)S(C)(=O)=O)c1. The van der Waals surface area contributed by atoms with E-state index in [1.165, 1.54) is 19.1 Å². The quantitative estimate of drug-likeness (QED) is 0.535. The molecule has 0 spiro atoms. The number of ether oxygens (including phenoxy) is 1. The number of para-hydroxylation sites is 1. The summed E-state index contributed by atoms with van der Waals surface area (Å²) < 4.78 is 31.2. The summed E-state index contributed by atoms with van der Waals surface area (Å²) in [4.78, 5) is 24.1. The molecule has 3 aromatic carbocycles. The minimum Gasteiger partial charge on any atom is -0.457 e. The molecule has 8 heteroatoms. The lowest BCUT2D eigenvalue weighted by molar-refractivity contribution is -0.114. The number of anilines is 2. The first-order chi connectivity index (χ1) is 14.7. The molecule has 31 heavy (non-hydrogen) atoms. The number of hydrogen-bond donors (Lipinski definition) is 1. The van der Waals surface area contributed by atoms with E-state index in [4.69, 9.17) is 4.74 Å². The van der Waals surface area contributed by atoms with Crippen LogP contribution in [0.2, 0.25) is 0 Å². The highest BCUT2D eigenvalue weighted by Crippen LogP contribution is 2.23. The van der Waals surface area contributed by atoms with Crippen LogP contribution < -0.4 is 14.4 Å². The number of Topliss-reactive ketones (excluding diaryl/α,β-unsaturated/α-hetero) is 1. The van der Waals surface area contributed by atoms with Gasteiger partial charge in [0.05, 0.1) is 11.9 Å². The molecule has 0 saturated carbocycles. The molecule has 0 saturated heterocycles. The monoisotopic (exact) mass is 438 g/mol. The lowest BCUT2D eigenvalue weighted by atomic mass is 10.1. The van der Waals surface area contributed by atoms with Gasteiger partial charge in [-0.1, -0.05) is 30.3 Å². The molecule has 0 radical (unpaired) electrons. The molecule has 0 aliphatic heterocycles. The Morgan fingerprint density at radius 2 is 1.55 bits per heavy atom. The number of nitrogens with one attached hydrogen (secondary N) is 1. The molecule has 7 nitrogen and oxygen atoms in total. The van der Waals surface area contributed by atoms with E-state index < -0.39 is 22.5 Å². The largest absolute Gasteiger partial charge is 0.457 e. The van der Waals surface area contributed by atoms with Crippen molar-refractivity contribution in [3.63, 3.8) is 0 Å². The Bertz CT molecular complexity index is 1180. The molecule has 0 aliphatic rings. The third-order valence-corrected chi connectivity index (χ3v) is 5.49. The number of carbonyl (C=O) groups is 2. The Morgan fingerprint density at radius 1 is 0.903 bits per heavy atom. The maximum absolute atomic E-state index is 12.5. The predicted octanol–water partition coefficient (Wildman–Crippen LogP) is 4.09. The van der Waals surface area contributed by atoms with Crippen molar-refractivity contribution in [3.8, 4) is 11.5 Å². The van der Waals surface area contributed by atoms with E-state index in [0.29, 0.717) is 22.7 Å². The highest BCUT2D eigenvalue weighted by molar-refractivity contribution is 7.92. The van der Waals surface area contributed by atoms with E-state index in [1.807, 2.05) is 30.3 Å². The van der Waals surface area contributed by atoms with E-state index in [0.717, 1.165) is 10.6 Å². The summed E-state index contributed by atoms with van der Waals surface area (Å²) in [5.41, 5.74) is 1.11. The van der Waals surface area contributed by atoms with Gasteiger partial charge in [0.1, 0.15) is 18.0 Å². The Morgan fingerprint density at radius 3 is 2.16 bits per heavy atom. The first-order valence-electron chi connectivity index (χ1n) is 9.44. The van der Waals surface area contributed by atoms with Crippen molar-refractivity contribution in [1.82, 2.24) is 0 Å². The molecule has 0 bridgehead atoms. The van der Waals surface area contributed by atoms with Crippen molar-refractivity contribution >= 4 is 33.1 Å². The maximum Gasteiger partial charge on any atom is 0.245 e. The minimum absolute atomic E-state index is 0.197. The Labute approximate surface area is 181 Å². The van der Waals surface area contributed by atoms with Gasteiger partial charge in [0.2, 0.25) is 15.9 Å². The highest BCUT2D eigenvalue weighted by atomic mass is 32.2. The zero-order valence-corrected chi connectivity index (χ0v) is 17.9. The van der Waals surface area contributed by atoms with E-state index in [9.17, 15) is 18.0 Å². The van der Waals surface area contributed by atoms with E-state index in [2.05, 4.69) is 5.32 Å². The molecule has 0 atom stereocenters. The number of ketones is 1. The number of sulfonamides is 1. The zero-order valence-electron chi connectivity index (χ0n) is 17.1. The molecular weight excluding hydrogens is 416 g/mol. The predicted molar refractivity (Wildman–Crippen MR) is 120 cm³/mol. The van der Waals surface area contributed by atoms with Crippen LogP contribution in [0.3, 0.4) is 0 Å². The van der Waals surface area contributed by atoms with Crippen LogP contribution in [-0.4, -0.2) is 32.9 Å². The molecule has 160 valence electrons. The summed E-state index contributed by atoms with van der Waals surface area (Å²) in [6, 6.07) is 22.2. The summed E-state index contributed by atoms with van der Waals surface area (Å²) in [6.07, 6.45) is 1.01. The summed E-state index contributed by atoms with van der Waals surface area (Å²) in [6.45, 7) is 0.963. The average molecular weight is 439 g/mol. The third kappa shape index (κ3) is 6.16. The summed E-state index contributed by atoms with van der Waals surface area (Å²) in [5.74, 6) is 0.576. The van der Waals surface area contributed by atoms with Crippen molar-refractivity contribution in [2.45, 2.75) is 6.92 Å². The fraction of sp³-hybridized carbons (Fsp3) is 0.130. The van der Waals surface area contributed by atoms with Gasteiger partial charge in [-0.3, -0.25) is 13.9 Å². The number of carbonyl (C=O) groups excluding carboxylic acids is 2. The second-order valence-corrected chi connectivity index (χ2v) is 8.77. The van der Waals surface area contributed by atoms with Gasteiger partial charge >= 0.3 is 0 Å². The molecule has 1 amide bonds. The van der Waals surface area contributed by atoms with Crippen LogP contribution in [0.5, 0.6) is 11.5 Å². The molecular formula is C23H22N2O5S. The van der Waals surface area contributed by atoms with Gasteiger partial charge in [0, 0.05) is 11.3 Å². The third-order valence-electron chi connectivity index (χ3n) is 4.35. The summed E-state index contributed by atoms with van der Waals surface area (Å²) >= 11 is 0. The zero-order chi connectivity index (χ0) is 22.4. The highest BCUT2D eigenvalue weighted by Gasteiger charge is 2.21. The Kier molecular flexibility index (Phi) is 6.71. The molecule has 0 aromatic heterocycles. The lowest BCUT2D eigenvalue weighted by Crippen LogP contribution is -2.37. The fourth-order valence-corrected chi connectivity index (χ4v) is 3.69. The fourth-order valence-electron chi connectivity index (χ4n) is 2.84. The minimum atomic E-state index is -3.75. The van der Waals surface area contributed by atoms with Gasteiger partial charge in [0.25, 0.3) is 0 Å². The van der Waals surface area contributed by atoms with Crippen molar-refractivity contribution in [2.75, 3.05) is 22.4 Å². The number of hydrogen-bond acceptors (Lipinski definition) is 5. The van der Waals surface area contributed by atoms with Gasteiger partial charge in [0.15, 0.2) is 5.78 Å². The van der Waals surface area contributed by atoms with Crippen LogP contribution >= 0.6 is 0 Å². The standard InChI is InChI=1S/C23H22N2O5S/c1-17(26)18-7-6-8-20(15-18)25(31(2,28)29)16-23(27)24-19-11-13-22(14-12-19)30-21-9-4-3-5-10-21/h3-15H,16H2,1-2H3,(H,24,27). The first kappa shape index (κ1) is 22.0. The average Bonchev–Trinajstić information content (AvgIpc) is 2.73. The van der Waals surface area contributed by atoms with Gasteiger partial charge < -0.3 is 10.1 Å². The molecule has 0 unspecified atom stereocenters. The summed E-state index contributed by atoms with van der Waals surface area (Å²) in [7, 11) is -3.75. The molecule has 0 heterocycles. The van der Waals surface area contributed by atoms with Crippen molar-refractivity contribution < 1.29 is 22.7 Å². The van der Waals surface area contributed by atoms with E-state index in [-0.39, 0.29) is 11.5 Å². The first-order valence-corrected chi connectivity index (χ1v) is 11.3. The number of nitrogens with zero attached hydrogens (tertiary/aromatic N) is 1. The molecule has 0 fully saturated rings. The second-order valence-electron chi connectivity index (χ2n) is 6.86. The number of rotatable bonds is 8. The Hall–Kier alpha value is -3.65. The van der Waals surface area contributed by atoms with E-state index in [1.54, 1.807) is 36.4 Å². The van der Waals surface area contributed by atoms with E-state index >= 15 is 0 Å². The van der Waals surface area contributed by atoms with Crippen LogP contribution in [-0.2, 0) is 14.8 Å². The van der Waals surface area contributed by atoms with Crippen molar-refractivity contribution in [2.24, 2.45) is 0 Å². The molecule has 3 aromatic rings. The Balaban J connectivity index is 1.70. The van der Waals surface area contributed by atoms with Crippen LogP contribution in [0.4, 0.5) is 11.4 Å². The summed E-state index contributed by atoms with van der Waals surface area (Å²) in [5, 5.41) is 2.68.